The molecule has 2 nitrogen and oxygen atoms in total. The van der Waals surface area contributed by atoms with Crippen molar-refractivity contribution in [2.45, 2.75) is 39.2 Å². The van der Waals surface area contributed by atoms with E-state index in [9.17, 15) is 0 Å². The maximum atomic E-state index is 5.52. The molecule has 0 heterocycles. The fraction of sp³-hybridized carbons (Fsp3) is 1.00. The van der Waals surface area contributed by atoms with Crippen molar-refractivity contribution in [3.05, 3.63) is 0 Å². The molecule has 0 aromatic heterocycles. The van der Waals surface area contributed by atoms with E-state index in [0.29, 0.717) is 5.54 Å². The second-order valence-electron chi connectivity index (χ2n) is 4.92. The molecule has 0 radical (unpaired) electrons. The highest BCUT2D eigenvalue weighted by Gasteiger charge is 2.37. The van der Waals surface area contributed by atoms with E-state index in [1.807, 2.05) is 0 Å². The third kappa shape index (κ3) is 2.58. The minimum Gasteiger partial charge on any atom is -0.400 e. The van der Waals surface area contributed by atoms with Gasteiger partial charge in [0.1, 0.15) is 0 Å². The molecule has 0 spiro atoms. The van der Waals surface area contributed by atoms with Gasteiger partial charge >= 0.3 is 9.28 Å². The molecule has 1 fully saturated rings. The zero-order chi connectivity index (χ0) is 10.7. The summed E-state index contributed by atoms with van der Waals surface area (Å²) >= 11 is 0. The van der Waals surface area contributed by atoms with Gasteiger partial charge in [0.05, 0.1) is 0 Å². The average Bonchev–Trinajstić information content (AvgIpc) is 2.15. The topological polar surface area (TPSA) is 18.5 Å². The van der Waals surface area contributed by atoms with E-state index in [1.165, 1.54) is 12.8 Å². The smallest absolute Gasteiger partial charge is 0.324 e. The molecular weight excluding hydrogens is 192 g/mol. The van der Waals surface area contributed by atoms with E-state index in [0.717, 1.165) is 17.8 Å². The van der Waals surface area contributed by atoms with Crippen molar-refractivity contribution in [2.24, 2.45) is 17.8 Å². The quantitative estimate of drug-likeness (QED) is 0.675. The van der Waals surface area contributed by atoms with Crippen LogP contribution in [0.2, 0.25) is 5.54 Å². The van der Waals surface area contributed by atoms with Gasteiger partial charge in [0, 0.05) is 19.8 Å². The third-order valence-corrected chi connectivity index (χ3v) is 6.34. The third-order valence-electron chi connectivity index (χ3n) is 3.84. The van der Waals surface area contributed by atoms with Crippen LogP contribution in [-0.2, 0) is 8.85 Å². The summed E-state index contributed by atoms with van der Waals surface area (Å²) < 4.78 is 11.0. The first-order valence-corrected chi connectivity index (χ1v) is 7.26. The second-order valence-corrected chi connectivity index (χ2v) is 7.45. The van der Waals surface area contributed by atoms with Crippen LogP contribution in [0.3, 0.4) is 0 Å². The minimum absolute atomic E-state index is 0.698. The Balaban J connectivity index is 2.64. The normalized spacial score (nSPS) is 39.0. The minimum atomic E-state index is -1.41. The first-order valence-electron chi connectivity index (χ1n) is 5.65. The number of hydrogen-bond donors (Lipinski definition) is 0. The van der Waals surface area contributed by atoms with Gasteiger partial charge in [-0.1, -0.05) is 20.8 Å². The highest BCUT2D eigenvalue weighted by atomic mass is 28.3. The molecule has 0 amide bonds. The molecule has 0 bridgehead atoms. The van der Waals surface area contributed by atoms with Gasteiger partial charge in [-0.25, -0.2) is 0 Å². The Labute approximate surface area is 89.8 Å². The SMILES string of the molecule is CO[SiH](OC)C1CC(C)CC(C)C1C. The van der Waals surface area contributed by atoms with E-state index in [2.05, 4.69) is 20.8 Å². The molecule has 1 aliphatic carbocycles. The lowest BCUT2D eigenvalue weighted by Gasteiger charge is -2.39. The Kier molecular flexibility index (Phi) is 4.61. The summed E-state index contributed by atoms with van der Waals surface area (Å²) in [5.74, 6) is 2.43. The van der Waals surface area contributed by atoms with Crippen molar-refractivity contribution in [3.8, 4) is 0 Å². The van der Waals surface area contributed by atoms with Crippen LogP contribution in [0.1, 0.15) is 33.6 Å². The highest BCUT2D eigenvalue weighted by Crippen LogP contribution is 2.43. The van der Waals surface area contributed by atoms with Crippen LogP contribution in [0.5, 0.6) is 0 Å². The van der Waals surface area contributed by atoms with E-state index >= 15 is 0 Å². The summed E-state index contributed by atoms with van der Waals surface area (Å²) in [6.45, 7) is 7.08. The molecule has 0 aromatic carbocycles. The maximum absolute atomic E-state index is 5.52. The van der Waals surface area contributed by atoms with Crippen molar-refractivity contribution >= 4 is 9.28 Å². The highest BCUT2D eigenvalue weighted by molar-refractivity contribution is 6.46. The molecule has 0 aromatic rings. The van der Waals surface area contributed by atoms with Crippen molar-refractivity contribution in [1.82, 2.24) is 0 Å². The summed E-state index contributed by atoms with van der Waals surface area (Å²) in [7, 11) is 2.20. The predicted octanol–water partition coefficient (Wildman–Crippen LogP) is 2.57. The van der Waals surface area contributed by atoms with E-state index in [1.54, 1.807) is 14.2 Å². The van der Waals surface area contributed by atoms with Gasteiger partial charge in [-0.2, -0.15) is 0 Å². The Morgan fingerprint density at radius 1 is 1.00 bits per heavy atom. The van der Waals surface area contributed by atoms with Crippen LogP contribution in [0.15, 0.2) is 0 Å². The van der Waals surface area contributed by atoms with Crippen molar-refractivity contribution < 1.29 is 8.85 Å². The molecule has 1 saturated carbocycles. The Hall–Kier alpha value is 0.137. The summed E-state index contributed by atoms with van der Waals surface area (Å²) in [4.78, 5) is 0. The van der Waals surface area contributed by atoms with Crippen LogP contribution in [0.25, 0.3) is 0 Å². The van der Waals surface area contributed by atoms with Gasteiger partial charge in [-0.15, -0.1) is 0 Å². The lowest BCUT2D eigenvalue weighted by Crippen LogP contribution is -2.37. The fourth-order valence-electron chi connectivity index (χ4n) is 2.85. The van der Waals surface area contributed by atoms with Crippen molar-refractivity contribution in [3.63, 3.8) is 0 Å². The molecule has 0 aliphatic heterocycles. The van der Waals surface area contributed by atoms with Crippen LogP contribution < -0.4 is 0 Å². The zero-order valence-corrected chi connectivity index (χ0v) is 11.3. The molecule has 0 saturated heterocycles. The van der Waals surface area contributed by atoms with Gasteiger partial charge < -0.3 is 8.85 Å². The Bertz CT molecular complexity index is 169. The Morgan fingerprint density at radius 3 is 2.07 bits per heavy atom. The van der Waals surface area contributed by atoms with Crippen LogP contribution in [0.4, 0.5) is 0 Å². The summed E-state index contributed by atoms with van der Waals surface area (Å²) in [5.41, 5.74) is 0.698. The van der Waals surface area contributed by atoms with Gasteiger partial charge in [-0.05, 0) is 30.6 Å². The van der Waals surface area contributed by atoms with Crippen molar-refractivity contribution in [2.75, 3.05) is 14.2 Å². The van der Waals surface area contributed by atoms with Gasteiger partial charge in [0.15, 0.2) is 0 Å². The van der Waals surface area contributed by atoms with Gasteiger partial charge in [0.25, 0.3) is 0 Å². The molecule has 4 unspecified atom stereocenters. The van der Waals surface area contributed by atoms with E-state index < -0.39 is 9.28 Å². The molecular formula is C11H24O2Si. The molecule has 1 rings (SSSR count). The second kappa shape index (κ2) is 5.28. The summed E-state index contributed by atoms with van der Waals surface area (Å²) in [6, 6.07) is 0. The molecule has 3 heteroatoms. The van der Waals surface area contributed by atoms with Gasteiger partial charge in [0.2, 0.25) is 0 Å². The summed E-state index contributed by atoms with van der Waals surface area (Å²) in [5, 5.41) is 0. The first-order chi connectivity index (χ1) is 6.60. The molecule has 0 N–H and O–H groups in total. The first kappa shape index (κ1) is 12.2. The number of hydrogen-bond acceptors (Lipinski definition) is 2. The largest absolute Gasteiger partial charge is 0.400 e. The van der Waals surface area contributed by atoms with Crippen molar-refractivity contribution in [1.29, 1.82) is 0 Å². The molecule has 4 atom stereocenters. The van der Waals surface area contributed by atoms with Crippen LogP contribution in [-0.4, -0.2) is 23.5 Å². The molecule has 14 heavy (non-hydrogen) atoms. The van der Waals surface area contributed by atoms with E-state index in [4.69, 9.17) is 8.85 Å². The van der Waals surface area contributed by atoms with Crippen LogP contribution in [0, 0.1) is 17.8 Å². The maximum Gasteiger partial charge on any atom is 0.324 e. The summed E-state index contributed by atoms with van der Waals surface area (Å²) in [6.07, 6.45) is 2.66. The number of rotatable bonds is 3. The fourth-order valence-corrected chi connectivity index (χ4v) is 5.31. The monoisotopic (exact) mass is 216 g/mol. The predicted molar refractivity (Wildman–Crippen MR) is 61.6 cm³/mol. The Morgan fingerprint density at radius 2 is 1.57 bits per heavy atom. The zero-order valence-electron chi connectivity index (χ0n) is 10.1. The molecule has 1 aliphatic rings. The molecule has 84 valence electrons. The van der Waals surface area contributed by atoms with Crippen LogP contribution >= 0.6 is 0 Å². The van der Waals surface area contributed by atoms with E-state index in [-0.39, 0.29) is 0 Å². The standard InChI is InChI=1S/C11H24O2Si/c1-8-6-9(2)10(3)11(7-8)14(12-4)13-5/h8-11,14H,6-7H2,1-5H3. The lowest BCUT2D eigenvalue weighted by atomic mass is 9.76. The average molecular weight is 216 g/mol. The lowest BCUT2D eigenvalue weighted by molar-refractivity contribution is 0.172. The van der Waals surface area contributed by atoms with Gasteiger partial charge in [-0.3, -0.25) is 0 Å².